The predicted octanol–water partition coefficient (Wildman–Crippen LogP) is 5.30. The molecule has 0 radical (unpaired) electrons. The highest BCUT2D eigenvalue weighted by atomic mass is 19.1. The molecule has 182 valence electrons. The van der Waals surface area contributed by atoms with Crippen LogP contribution in [0, 0.1) is 11.7 Å². The number of hydrogen-bond acceptors (Lipinski definition) is 6. The Morgan fingerprint density at radius 2 is 2.06 bits per heavy atom. The van der Waals surface area contributed by atoms with E-state index in [2.05, 4.69) is 26.3 Å². The third-order valence-electron chi connectivity index (χ3n) is 7.57. The first-order chi connectivity index (χ1) is 17.2. The van der Waals surface area contributed by atoms with E-state index in [1.54, 1.807) is 24.6 Å². The van der Waals surface area contributed by atoms with Gasteiger partial charge in [-0.25, -0.2) is 9.37 Å². The van der Waals surface area contributed by atoms with Crippen molar-refractivity contribution in [1.29, 1.82) is 0 Å². The highest BCUT2D eigenvalue weighted by Crippen LogP contribution is 2.42. The van der Waals surface area contributed by atoms with E-state index in [-0.39, 0.29) is 17.7 Å². The lowest BCUT2D eigenvalue weighted by atomic mass is 9.89. The lowest BCUT2D eigenvalue weighted by Gasteiger charge is -2.22. The molecule has 1 aliphatic heterocycles. The first-order valence-corrected chi connectivity index (χ1v) is 12.5. The number of benzene rings is 1. The van der Waals surface area contributed by atoms with Gasteiger partial charge in [-0.15, -0.1) is 0 Å². The molecule has 4 heterocycles. The topological polar surface area (TPSA) is 91.1 Å². The lowest BCUT2D eigenvalue weighted by Crippen LogP contribution is -2.29. The second kappa shape index (κ2) is 9.34. The number of halogens is 1. The van der Waals surface area contributed by atoms with Crippen LogP contribution in [0.2, 0.25) is 0 Å². The van der Waals surface area contributed by atoms with Crippen LogP contribution in [-0.2, 0) is 0 Å². The zero-order valence-corrected chi connectivity index (χ0v) is 19.6. The van der Waals surface area contributed by atoms with Crippen molar-refractivity contribution in [2.75, 3.05) is 25.4 Å². The van der Waals surface area contributed by atoms with Crippen molar-refractivity contribution in [3.05, 3.63) is 60.5 Å². The number of rotatable bonds is 6. The van der Waals surface area contributed by atoms with Crippen LogP contribution in [0.1, 0.15) is 49.6 Å². The number of ether oxygens (including phenoxy) is 1. The zero-order valence-electron chi connectivity index (χ0n) is 19.6. The fourth-order valence-corrected chi connectivity index (χ4v) is 5.69. The van der Waals surface area contributed by atoms with Gasteiger partial charge in [0.15, 0.2) is 11.4 Å². The number of anilines is 1. The number of furan rings is 1. The molecule has 0 spiro atoms. The molecule has 1 saturated heterocycles. The second-order valence-electron chi connectivity index (χ2n) is 9.72. The van der Waals surface area contributed by atoms with Crippen LogP contribution in [-0.4, -0.2) is 34.5 Å². The van der Waals surface area contributed by atoms with E-state index < -0.39 is 0 Å². The summed E-state index contributed by atoms with van der Waals surface area (Å²) in [5.41, 5.74) is 9.77. The van der Waals surface area contributed by atoms with Crippen LogP contribution in [0.3, 0.4) is 0 Å². The van der Waals surface area contributed by atoms with E-state index in [0.717, 1.165) is 67.3 Å². The molecule has 7 nitrogen and oxygen atoms in total. The number of aromatic nitrogens is 3. The van der Waals surface area contributed by atoms with Crippen LogP contribution >= 0.6 is 0 Å². The Balaban J connectivity index is 1.24. The molecule has 2 fully saturated rings. The maximum Gasteiger partial charge on any atom is 0.205 e. The van der Waals surface area contributed by atoms with Gasteiger partial charge in [0.05, 0.1) is 24.2 Å². The fraction of sp³-hybridized carbons (Fsp3) is 0.407. The number of hydrogen-bond donors (Lipinski definition) is 2. The van der Waals surface area contributed by atoms with Gasteiger partial charge in [0.2, 0.25) is 5.75 Å². The summed E-state index contributed by atoms with van der Waals surface area (Å²) in [6.07, 6.45) is 12.7. The summed E-state index contributed by atoms with van der Waals surface area (Å²) in [5, 5.41) is 8.87. The standard InChI is InChI=1S/C27H30FN5O2/c28-20-5-1-3-17(11-20)22-6-2-4-18(22)15-34-26-25-23(13-31-27(26)29)24(16-35-25)19-12-32-33(14-19)21-7-9-30-10-8-21/h1,3,5,11-14,16,18,21-22,30H,2,4,6-10,15H2,(H2,29,31). The van der Waals surface area contributed by atoms with E-state index in [1.165, 1.54) is 6.07 Å². The van der Waals surface area contributed by atoms with Crippen LogP contribution in [0.15, 0.2) is 53.5 Å². The van der Waals surface area contributed by atoms with Gasteiger partial charge in [-0.2, -0.15) is 5.10 Å². The fourth-order valence-electron chi connectivity index (χ4n) is 5.69. The number of pyridine rings is 1. The van der Waals surface area contributed by atoms with Crippen molar-refractivity contribution in [1.82, 2.24) is 20.1 Å². The van der Waals surface area contributed by atoms with Crippen LogP contribution in [0.25, 0.3) is 22.1 Å². The number of fused-ring (bicyclic) bond motifs is 1. The molecule has 35 heavy (non-hydrogen) atoms. The molecular weight excluding hydrogens is 445 g/mol. The Kier molecular flexibility index (Phi) is 5.90. The van der Waals surface area contributed by atoms with Gasteiger partial charge in [-0.3, -0.25) is 4.68 Å². The van der Waals surface area contributed by atoms with E-state index in [4.69, 9.17) is 14.9 Å². The number of piperidine rings is 1. The number of nitrogens with one attached hydrogen (secondary N) is 1. The number of nitrogen functional groups attached to an aromatic ring is 1. The monoisotopic (exact) mass is 475 g/mol. The summed E-state index contributed by atoms with van der Waals surface area (Å²) in [6, 6.07) is 7.32. The highest BCUT2D eigenvalue weighted by Gasteiger charge is 2.30. The number of nitrogens with zero attached hydrogens (tertiary/aromatic N) is 3. The van der Waals surface area contributed by atoms with Crippen LogP contribution in [0.5, 0.6) is 5.75 Å². The lowest BCUT2D eigenvalue weighted by molar-refractivity contribution is 0.239. The first-order valence-electron chi connectivity index (χ1n) is 12.5. The van der Waals surface area contributed by atoms with Crippen molar-refractivity contribution in [3.8, 4) is 16.9 Å². The van der Waals surface area contributed by atoms with Crippen LogP contribution < -0.4 is 15.8 Å². The van der Waals surface area contributed by atoms with Crippen molar-refractivity contribution >= 4 is 16.8 Å². The molecule has 0 amide bonds. The van der Waals surface area contributed by atoms with Gasteiger partial charge in [-0.1, -0.05) is 18.6 Å². The Hall–Kier alpha value is -3.39. The Morgan fingerprint density at radius 3 is 2.91 bits per heavy atom. The average molecular weight is 476 g/mol. The Labute approximate surface area is 203 Å². The quantitative estimate of drug-likeness (QED) is 0.393. The molecule has 1 aromatic carbocycles. The Morgan fingerprint density at radius 1 is 1.17 bits per heavy atom. The molecular formula is C27H30FN5O2. The molecule has 3 aromatic heterocycles. The minimum atomic E-state index is -0.195. The van der Waals surface area contributed by atoms with E-state index in [9.17, 15) is 4.39 Å². The molecule has 2 unspecified atom stereocenters. The molecule has 0 bridgehead atoms. The molecule has 1 saturated carbocycles. The largest absolute Gasteiger partial charge is 0.486 e. The summed E-state index contributed by atoms with van der Waals surface area (Å²) >= 11 is 0. The third kappa shape index (κ3) is 4.27. The third-order valence-corrected chi connectivity index (χ3v) is 7.57. The van der Waals surface area contributed by atoms with E-state index in [1.807, 2.05) is 12.3 Å². The summed E-state index contributed by atoms with van der Waals surface area (Å²) in [6.45, 7) is 2.51. The normalized spacial score (nSPS) is 21.1. The maximum absolute atomic E-state index is 13.8. The molecule has 3 N–H and O–H groups in total. The van der Waals surface area contributed by atoms with Gasteiger partial charge >= 0.3 is 0 Å². The molecule has 2 atom stereocenters. The molecule has 1 aliphatic carbocycles. The minimum absolute atomic E-state index is 0.195. The van der Waals surface area contributed by atoms with Gasteiger partial charge in [-0.05, 0) is 68.3 Å². The zero-order chi connectivity index (χ0) is 23.8. The smallest absolute Gasteiger partial charge is 0.205 e. The van der Waals surface area contributed by atoms with Crippen molar-refractivity contribution in [2.45, 2.75) is 44.1 Å². The van der Waals surface area contributed by atoms with E-state index >= 15 is 0 Å². The average Bonchev–Trinajstić information content (AvgIpc) is 3.63. The minimum Gasteiger partial charge on any atom is -0.486 e. The summed E-state index contributed by atoms with van der Waals surface area (Å²) in [4.78, 5) is 4.40. The predicted molar refractivity (Wildman–Crippen MR) is 133 cm³/mol. The molecule has 2 aliphatic rings. The van der Waals surface area contributed by atoms with Crippen LogP contribution in [0.4, 0.5) is 10.2 Å². The molecule has 6 rings (SSSR count). The summed E-state index contributed by atoms with van der Waals surface area (Å²) in [7, 11) is 0. The van der Waals surface area contributed by atoms with Crippen molar-refractivity contribution in [3.63, 3.8) is 0 Å². The van der Waals surface area contributed by atoms with Gasteiger partial charge < -0.3 is 20.2 Å². The second-order valence-corrected chi connectivity index (χ2v) is 9.72. The summed E-state index contributed by atoms with van der Waals surface area (Å²) in [5.74, 6) is 1.14. The Bertz CT molecular complexity index is 1330. The van der Waals surface area contributed by atoms with Crippen molar-refractivity contribution < 1.29 is 13.5 Å². The maximum atomic E-state index is 13.8. The summed E-state index contributed by atoms with van der Waals surface area (Å²) < 4.78 is 28.1. The van der Waals surface area contributed by atoms with E-state index in [0.29, 0.717) is 29.8 Å². The molecule has 4 aromatic rings. The van der Waals surface area contributed by atoms with Gasteiger partial charge in [0.1, 0.15) is 12.1 Å². The van der Waals surface area contributed by atoms with Gasteiger partial charge in [0, 0.05) is 23.5 Å². The molecule has 8 heteroatoms. The number of nitrogens with two attached hydrogens (primary N) is 1. The highest BCUT2D eigenvalue weighted by molar-refractivity contribution is 5.97. The van der Waals surface area contributed by atoms with Crippen molar-refractivity contribution in [2.24, 2.45) is 5.92 Å². The first kappa shape index (κ1) is 22.1. The SMILES string of the molecule is Nc1ncc2c(-c3cnn(C4CCNCC4)c3)coc2c1OCC1CCCC1c1cccc(F)c1. The van der Waals surface area contributed by atoms with Gasteiger partial charge in [0.25, 0.3) is 0 Å².